The first-order valence-corrected chi connectivity index (χ1v) is 5.74. The first kappa shape index (κ1) is 12.5. The van der Waals surface area contributed by atoms with Gasteiger partial charge in [-0.05, 0) is 19.9 Å². The van der Waals surface area contributed by atoms with E-state index in [1.165, 1.54) is 19.3 Å². The summed E-state index contributed by atoms with van der Waals surface area (Å²) in [5.74, 6) is 0.108. The normalized spacial score (nSPS) is 20.3. The highest BCUT2D eigenvalue weighted by molar-refractivity contribution is 5.76. The standard InChI is InChI=1S/C11H23N3O/c1-12-11(7-5-4-6-8-11)9-10(15)13-14(2)3/h12H,4-9H2,1-3H3,(H,13,15). The molecule has 1 aliphatic rings. The molecule has 1 amide bonds. The lowest BCUT2D eigenvalue weighted by atomic mass is 9.79. The van der Waals surface area contributed by atoms with Crippen LogP contribution in [0.1, 0.15) is 38.5 Å². The van der Waals surface area contributed by atoms with Crippen LogP contribution in [-0.2, 0) is 4.79 Å². The topological polar surface area (TPSA) is 44.4 Å². The molecule has 0 bridgehead atoms. The minimum Gasteiger partial charge on any atom is -0.314 e. The van der Waals surface area contributed by atoms with Gasteiger partial charge in [0.15, 0.2) is 0 Å². The Morgan fingerprint density at radius 2 is 1.87 bits per heavy atom. The molecule has 0 aromatic rings. The lowest BCUT2D eigenvalue weighted by molar-refractivity contribution is -0.126. The summed E-state index contributed by atoms with van der Waals surface area (Å²) in [5, 5.41) is 5.05. The van der Waals surface area contributed by atoms with Crippen LogP contribution < -0.4 is 10.7 Å². The molecule has 2 N–H and O–H groups in total. The van der Waals surface area contributed by atoms with Gasteiger partial charge in [0.25, 0.3) is 0 Å². The molecule has 0 saturated heterocycles. The molecule has 88 valence electrons. The highest BCUT2D eigenvalue weighted by Gasteiger charge is 2.32. The first-order chi connectivity index (χ1) is 7.08. The van der Waals surface area contributed by atoms with E-state index in [4.69, 9.17) is 0 Å². The molecule has 0 spiro atoms. The van der Waals surface area contributed by atoms with E-state index in [2.05, 4.69) is 10.7 Å². The van der Waals surface area contributed by atoms with Gasteiger partial charge in [0.05, 0.1) is 0 Å². The Balaban J connectivity index is 2.47. The number of nitrogens with zero attached hydrogens (tertiary/aromatic N) is 1. The zero-order valence-electron chi connectivity index (χ0n) is 10.1. The maximum atomic E-state index is 11.7. The SMILES string of the molecule is CNC1(CC(=O)NN(C)C)CCCCC1. The van der Waals surface area contributed by atoms with E-state index in [9.17, 15) is 4.79 Å². The van der Waals surface area contributed by atoms with Crippen LogP contribution in [0, 0.1) is 0 Å². The zero-order chi connectivity index (χ0) is 11.3. The van der Waals surface area contributed by atoms with Crippen molar-refractivity contribution in [3.05, 3.63) is 0 Å². The average molecular weight is 213 g/mol. The van der Waals surface area contributed by atoms with E-state index in [0.29, 0.717) is 6.42 Å². The molecule has 0 aliphatic heterocycles. The van der Waals surface area contributed by atoms with Crippen LogP contribution in [0.3, 0.4) is 0 Å². The van der Waals surface area contributed by atoms with E-state index in [-0.39, 0.29) is 11.4 Å². The molecule has 0 aromatic heterocycles. The van der Waals surface area contributed by atoms with Crippen LogP contribution in [0.5, 0.6) is 0 Å². The Kier molecular flexibility index (Phi) is 4.54. The summed E-state index contributed by atoms with van der Waals surface area (Å²) in [6, 6.07) is 0. The maximum absolute atomic E-state index is 11.7. The Morgan fingerprint density at radius 1 is 1.27 bits per heavy atom. The molecule has 0 heterocycles. The van der Waals surface area contributed by atoms with Gasteiger partial charge in [-0.2, -0.15) is 0 Å². The molecule has 0 radical (unpaired) electrons. The molecule has 0 aromatic carbocycles. The summed E-state index contributed by atoms with van der Waals surface area (Å²) < 4.78 is 0. The molecule has 1 rings (SSSR count). The molecule has 0 unspecified atom stereocenters. The quantitative estimate of drug-likeness (QED) is 0.682. The number of carbonyl (C=O) groups is 1. The monoisotopic (exact) mass is 213 g/mol. The second-order valence-corrected chi connectivity index (χ2v) is 4.70. The number of hydrazine groups is 1. The van der Waals surface area contributed by atoms with Gasteiger partial charge in [0.2, 0.25) is 5.91 Å². The zero-order valence-corrected chi connectivity index (χ0v) is 10.1. The van der Waals surface area contributed by atoms with Gasteiger partial charge in [-0.3, -0.25) is 10.2 Å². The summed E-state index contributed by atoms with van der Waals surface area (Å²) >= 11 is 0. The van der Waals surface area contributed by atoms with Gasteiger partial charge < -0.3 is 5.32 Å². The number of amides is 1. The van der Waals surface area contributed by atoms with Crippen molar-refractivity contribution in [3.8, 4) is 0 Å². The Hall–Kier alpha value is -0.610. The van der Waals surface area contributed by atoms with Crippen molar-refractivity contribution in [2.24, 2.45) is 0 Å². The van der Waals surface area contributed by atoms with Crippen molar-refractivity contribution < 1.29 is 4.79 Å². The highest BCUT2D eigenvalue weighted by atomic mass is 16.2. The van der Waals surface area contributed by atoms with Crippen molar-refractivity contribution in [2.45, 2.75) is 44.1 Å². The van der Waals surface area contributed by atoms with E-state index < -0.39 is 0 Å². The van der Waals surface area contributed by atoms with Gasteiger partial charge in [0.1, 0.15) is 0 Å². The van der Waals surface area contributed by atoms with E-state index >= 15 is 0 Å². The molecule has 15 heavy (non-hydrogen) atoms. The fourth-order valence-electron chi connectivity index (χ4n) is 2.34. The van der Waals surface area contributed by atoms with Crippen LogP contribution in [0.15, 0.2) is 0 Å². The number of hydrogen-bond acceptors (Lipinski definition) is 3. The van der Waals surface area contributed by atoms with E-state index in [1.807, 2.05) is 21.1 Å². The van der Waals surface area contributed by atoms with Gasteiger partial charge >= 0.3 is 0 Å². The molecule has 0 atom stereocenters. The van der Waals surface area contributed by atoms with Gasteiger partial charge in [0, 0.05) is 26.1 Å². The van der Waals surface area contributed by atoms with Crippen molar-refractivity contribution in [1.82, 2.24) is 15.8 Å². The second-order valence-electron chi connectivity index (χ2n) is 4.70. The molecule has 1 saturated carbocycles. The third-order valence-corrected chi connectivity index (χ3v) is 3.19. The fourth-order valence-corrected chi connectivity index (χ4v) is 2.34. The van der Waals surface area contributed by atoms with Gasteiger partial charge in [-0.15, -0.1) is 0 Å². The maximum Gasteiger partial charge on any atom is 0.236 e. The highest BCUT2D eigenvalue weighted by Crippen LogP contribution is 2.30. The Bertz CT molecular complexity index is 210. The van der Waals surface area contributed by atoms with Crippen molar-refractivity contribution >= 4 is 5.91 Å². The second kappa shape index (κ2) is 5.47. The summed E-state index contributed by atoms with van der Waals surface area (Å²) in [7, 11) is 5.64. The van der Waals surface area contributed by atoms with Crippen molar-refractivity contribution in [3.63, 3.8) is 0 Å². The minimum atomic E-state index is 0.0400. The van der Waals surface area contributed by atoms with Crippen molar-refractivity contribution in [1.29, 1.82) is 0 Å². The lowest BCUT2D eigenvalue weighted by Gasteiger charge is -2.36. The van der Waals surface area contributed by atoms with E-state index in [0.717, 1.165) is 12.8 Å². The number of carbonyl (C=O) groups excluding carboxylic acids is 1. The van der Waals surface area contributed by atoms with Gasteiger partial charge in [-0.1, -0.05) is 19.3 Å². The third kappa shape index (κ3) is 3.80. The third-order valence-electron chi connectivity index (χ3n) is 3.19. The number of hydrogen-bond donors (Lipinski definition) is 2. The predicted molar refractivity (Wildman–Crippen MR) is 61.3 cm³/mol. The predicted octanol–water partition coefficient (Wildman–Crippen LogP) is 0.892. The van der Waals surface area contributed by atoms with E-state index in [1.54, 1.807) is 5.01 Å². The smallest absolute Gasteiger partial charge is 0.236 e. The Labute approximate surface area is 92.4 Å². The minimum absolute atomic E-state index is 0.0400. The summed E-state index contributed by atoms with van der Waals surface area (Å²) in [5.41, 5.74) is 2.84. The van der Waals surface area contributed by atoms with Crippen LogP contribution >= 0.6 is 0 Å². The number of rotatable bonds is 4. The lowest BCUT2D eigenvalue weighted by Crippen LogP contribution is -2.49. The first-order valence-electron chi connectivity index (χ1n) is 5.74. The molecule has 4 heteroatoms. The van der Waals surface area contributed by atoms with Crippen LogP contribution in [0.2, 0.25) is 0 Å². The summed E-state index contributed by atoms with van der Waals surface area (Å²) in [6.45, 7) is 0. The van der Waals surface area contributed by atoms with Gasteiger partial charge in [-0.25, -0.2) is 5.01 Å². The van der Waals surface area contributed by atoms with Crippen LogP contribution in [0.4, 0.5) is 0 Å². The fraction of sp³-hybridized carbons (Fsp3) is 0.909. The molecular weight excluding hydrogens is 190 g/mol. The Morgan fingerprint density at radius 3 is 2.33 bits per heavy atom. The van der Waals surface area contributed by atoms with Crippen LogP contribution in [-0.4, -0.2) is 37.6 Å². The molecule has 1 fully saturated rings. The molecule has 4 nitrogen and oxygen atoms in total. The number of nitrogens with one attached hydrogen (secondary N) is 2. The van der Waals surface area contributed by atoms with Crippen LogP contribution in [0.25, 0.3) is 0 Å². The largest absolute Gasteiger partial charge is 0.314 e. The molecule has 1 aliphatic carbocycles. The van der Waals surface area contributed by atoms with Crippen molar-refractivity contribution in [2.75, 3.05) is 21.1 Å². The summed E-state index contributed by atoms with van der Waals surface area (Å²) in [4.78, 5) is 11.7. The average Bonchev–Trinajstić information content (AvgIpc) is 2.17. The summed E-state index contributed by atoms with van der Waals surface area (Å²) in [6.07, 6.45) is 6.58. The molecular formula is C11H23N3O.